The molecule has 6 nitrogen and oxygen atoms in total. The minimum absolute atomic E-state index is 0.0533. The largest absolute Gasteiger partial charge is 0.497 e. The fourth-order valence-corrected chi connectivity index (χ4v) is 2.97. The van der Waals surface area contributed by atoms with E-state index >= 15 is 0 Å². The van der Waals surface area contributed by atoms with Crippen LogP contribution in [0.5, 0.6) is 5.75 Å². The first-order valence-electron chi connectivity index (χ1n) is 9.14. The molecule has 0 radical (unpaired) electrons. The standard InChI is InChI=1S/C22H22N2O4/c1-3-4-8-18-19(11-9-15-6-5-7-17(13-15)28-2)23-20-12-10-16(22(26)27)14-24(20)21(18)25/h5-7,9-14H,3-4,8H2,1-2H3,(H,26,27). The lowest BCUT2D eigenvalue weighted by Crippen LogP contribution is -2.22. The Kier molecular flexibility index (Phi) is 5.89. The summed E-state index contributed by atoms with van der Waals surface area (Å²) in [5.41, 5.74) is 2.36. The average molecular weight is 378 g/mol. The number of pyridine rings is 1. The molecule has 0 saturated heterocycles. The number of ether oxygens (including phenoxy) is 1. The van der Waals surface area contributed by atoms with Gasteiger partial charge in [-0.2, -0.15) is 0 Å². The fourth-order valence-electron chi connectivity index (χ4n) is 2.97. The van der Waals surface area contributed by atoms with Gasteiger partial charge in [0, 0.05) is 11.8 Å². The van der Waals surface area contributed by atoms with Crippen molar-refractivity contribution in [2.45, 2.75) is 26.2 Å². The molecule has 0 unspecified atom stereocenters. The lowest BCUT2D eigenvalue weighted by molar-refractivity contribution is 0.0696. The van der Waals surface area contributed by atoms with Gasteiger partial charge in [-0.15, -0.1) is 0 Å². The number of nitrogens with zero attached hydrogens (tertiary/aromatic N) is 2. The highest BCUT2D eigenvalue weighted by atomic mass is 16.5. The number of carboxylic acid groups (broad SMARTS) is 1. The molecular weight excluding hydrogens is 356 g/mol. The third-order valence-electron chi connectivity index (χ3n) is 4.50. The highest BCUT2D eigenvalue weighted by Crippen LogP contribution is 2.17. The normalized spacial score (nSPS) is 11.2. The smallest absolute Gasteiger partial charge is 0.337 e. The minimum Gasteiger partial charge on any atom is -0.497 e. The Labute approximate surface area is 162 Å². The monoisotopic (exact) mass is 378 g/mol. The zero-order chi connectivity index (χ0) is 20.1. The van der Waals surface area contributed by atoms with E-state index in [9.17, 15) is 14.7 Å². The van der Waals surface area contributed by atoms with Gasteiger partial charge in [0.2, 0.25) is 0 Å². The molecule has 0 aliphatic rings. The van der Waals surface area contributed by atoms with Gasteiger partial charge < -0.3 is 9.84 Å². The molecule has 28 heavy (non-hydrogen) atoms. The summed E-state index contributed by atoms with van der Waals surface area (Å²) in [6.45, 7) is 2.06. The van der Waals surface area contributed by atoms with Crippen molar-refractivity contribution < 1.29 is 14.6 Å². The van der Waals surface area contributed by atoms with Crippen LogP contribution < -0.4 is 10.3 Å². The van der Waals surface area contributed by atoms with Gasteiger partial charge in [-0.1, -0.05) is 31.6 Å². The second-order valence-electron chi connectivity index (χ2n) is 6.45. The Balaban J connectivity index is 2.11. The number of unbranched alkanes of at least 4 members (excludes halogenated alkanes) is 1. The van der Waals surface area contributed by atoms with Gasteiger partial charge in [0.25, 0.3) is 5.56 Å². The minimum atomic E-state index is -1.08. The van der Waals surface area contributed by atoms with Crippen molar-refractivity contribution >= 4 is 23.8 Å². The van der Waals surface area contributed by atoms with E-state index in [2.05, 4.69) is 11.9 Å². The third kappa shape index (κ3) is 4.11. The summed E-state index contributed by atoms with van der Waals surface area (Å²) in [7, 11) is 1.61. The number of fused-ring (bicyclic) bond motifs is 1. The molecular formula is C22H22N2O4. The molecule has 0 amide bonds. The van der Waals surface area contributed by atoms with Crippen LogP contribution in [0.25, 0.3) is 17.8 Å². The SMILES string of the molecule is CCCCc1c(C=Cc2cccc(OC)c2)nc2ccc(C(=O)O)cn2c1=O. The Morgan fingerprint density at radius 1 is 1.25 bits per heavy atom. The molecule has 0 aliphatic heterocycles. The van der Waals surface area contributed by atoms with Crippen molar-refractivity contribution in [2.24, 2.45) is 0 Å². The van der Waals surface area contributed by atoms with Crippen molar-refractivity contribution in [1.82, 2.24) is 9.38 Å². The molecule has 6 heteroatoms. The van der Waals surface area contributed by atoms with Crippen molar-refractivity contribution in [3.63, 3.8) is 0 Å². The maximum Gasteiger partial charge on any atom is 0.337 e. The van der Waals surface area contributed by atoms with Gasteiger partial charge in [-0.05, 0) is 48.7 Å². The molecule has 3 aromatic rings. The van der Waals surface area contributed by atoms with E-state index in [1.807, 2.05) is 36.4 Å². The third-order valence-corrected chi connectivity index (χ3v) is 4.50. The van der Waals surface area contributed by atoms with E-state index in [1.165, 1.54) is 16.7 Å². The first-order chi connectivity index (χ1) is 13.5. The van der Waals surface area contributed by atoms with Crippen LogP contribution in [0.3, 0.4) is 0 Å². The van der Waals surface area contributed by atoms with E-state index in [0.717, 1.165) is 24.2 Å². The summed E-state index contributed by atoms with van der Waals surface area (Å²) >= 11 is 0. The van der Waals surface area contributed by atoms with Crippen molar-refractivity contribution in [3.8, 4) is 5.75 Å². The predicted molar refractivity (Wildman–Crippen MR) is 109 cm³/mol. The number of benzene rings is 1. The summed E-state index contributed by atoms with van der Waals surface area (Å²) in [5, 5.41) is 9.20. The zero-order valence-electron chi connectivity index (χ0n) is 15.9. The molecule has 2 heterocycles. The molecule has 144 valence electrons. The zero-order valence-corrected chi connectivity index (χ0v) is 15.9. The van der Waals surface area contributed by atoms with Crippen molar-refractivity contribution in [3.05, 3.63) is 75.3 Å². The van der Waals surface area contributed by atoms with Gasteiger partial charge in [-0.25, -0.2) is 9.78 Å². The van der Waals surface area contributed by atoms with Gasteiger partial charge in [-0.3, -0.25) is 9.20 Å². The molecule has 1 N–H and O–H groups in total. The van der Waals surface area contributed by atoms with Gasteiger partial charge in [0.15, 0.2) is 0 Å². The summed E-state index contributed by atoms with van der Waals surface area (Å²) in [5.74, 6) is -0.327. The van der Waals surface area contributed by atoms with E-state index in [-0.39, 0.29) is 11.1 Å². The molecule has 0 saturated carbocycles. The Bertz CT molecular complexity index is 1100. The molecule has 0 atom stereocenters. The Hall–Kier alpha value is -3.41. The summed E-state index contributed by atoms with van der Waals surface area (Å²) in [4.78, 5) is 28.9. The van der Waals surface area contributed by atoms with Crippen LogP contribution >= 0.6 is 0 Å². The molecule has 0 spiro atoms. The van der Waals surface area contributed by atoms with E-state index < -0.39 is 5.97 Å². The lowest BCUT2D eigenvalue weighted by atomic mass is 10.1. The molecule has 2 aromatic heterocycles. The second-order valence-corrected chi connectivity index (χ2v) is 6.45. The number of rotatable bonds is 7. The molecule has 0 aliphatic carbocycles. The van der Waals surface area contributed by atoms with Crippen LogP contribution in [0.4, 0.5) is 0 Å². The van der Waals surface area contributed by atoms with Crippen LogP contribution in [0.1, 0.15) is 46.9 Å². The van der Waals surface area contributed by atoms with Gasteiger partial charge in [0.1, 0.15) is 11.4 Å². The van der Waals surface area contributed by atoms with E-state index in [4.69, 9.17) is 4.74 Å². The van der Waals surface area contributed by atoms with Gasteiger partial charge in [0.05, 0.1) is 18.4 Å². The predicted octanol–water partition coefficient (Wildman–Crippen LogP) is 3.91. The molecule has 0 fully saturated rings. The topological polar surface area (TPSA) is 80.9 Å². The molecule has 3 rings (SSSR count). The number of methoxy groups -OCH3 is 1. The van der Waals surface area contributed by atoms with Gasteiger partial charge >= 0.3 is 5.97 Å². The van der Waals surface area contributed by atoms with Crippen LogP contribution in [0.15, 0.2) is 47.4 Å². The van der Waals surface area contributed by atoms with E-state index in [0.29, 0.717) is 23.3 Å². The van der Waals surface area contributed by atoms with Crippen molar-refractivity contribution in [2.75, 3.05) is 7.11 Å². The van der Waals surface area contributed by atoms with Crippen LogP contribution in [0, 0.1) is 0 Å². The number of aromatic nitrogens is 2. The second kappa shape index (κ2) is 8.52. The number of carboxylic acids is 1. The molecule has 0 bridgehead atoms. The number of hydrogen-bond donors (Lipinski definition) is 1. The highest BCUT2D eigenvalue weighted by molar-refractivity contribution is 5.87. The highest BCUT2D eigenvalue weighted by Gasteiger charge is 2.13. The molecule has 1 aromatic carbocycles. The van der Waals surface area contributed by atoms with Crippen LogP contribution in [0.2, 0.25) is 0 Å². The fraction of sp³-hybridized carbons (Fsp3) is 0.227. The lowest BCUT2D eigenvalue weighted by Gasteiger charge is -2.09. The summed E-state index contributed by atoms with van der Waals surface area (Å²) in [6.07, 6.45) is 7.42. The number of aromatic carboxylic acids is 1. The Morgan fingerprint density at radius 2 is 2.07 bits per heavy atom. The maximum atomic E-state index is 13.0. The first-order valence-corrected chi connectivity index (χ1v) is 9.14. The van der Waals surface area contributed by atoms with Crippen LogP contribution in [-0.2, 0) is 6.42 Å². The summed E-state index contributed by atoms with van der Waals surface area (Å²) < 4.78 is 6.56. The van der Waals surface area contributed by atoms with Crippen LogP contribution in [-0.4, -0.2) is 27.6 Å². The van der Waals surface area contributed by atoms with Crippen molar-refractivity contribution in [1.29, 1.82) is 0 Å². The Morgan fingerprint density at radius 3 is 2.79 bits per heavy atom. The maximum absolute atomic E-state index is 13.0. The number of carbonyl (C=O) groups is 1. The first kappa shape index (κ1) is 19.4. The number of hydrogen-bond acceptors (Lipinski definition) is 4. The average Bonchev–Trinajstić information content (AvgIpc) is 2.71. The quantitative estimate of drug-likeness (QED) is 0.674. The summed E-state index contributed by atoms with van der Waals surface area (Å²) in [6, 6.07) is 10.6. The van der Waals surface area contributed by atoms with E-state index in [1.54, 1.807) is 13.2 Å².